The average molecular weight is 537 g/mol. The Morgan fingerprint density at radius 2 is 1.42 bits per heavy atom. The average Bonchev–Trinajstić information content (AvgIpc) is 3.61. The summed E-state index contributed by atoms with van der Waals surface area (Å²) in [6.45, 7) is 4.45. The molecule has 0 aliphatic carbocycles. The molecule has 3 saturated heterocycles. The second kappa shape index (κ2) is 10.7. The van der Waals surface area contributed by atoms with E-state index in [-0.39, 0.29) is 12.3 Å². The van der Waals surface area contributed by atoms with Crippen LogP contribution in [0.5, 0.6) is 0 Å². The minimum atomic E-state index is -3.01. The van der Waals surface area contributed by atoms with Gasteiger partial charge in [0, 0.05) is 10.6 Å². The van der Waals surface area contributed by atoms with Crippen molar-refractivity contribution < 1.29 is 33.0 Å². The van der Waals surface area contributed by atoms with Crippen molar-refractivity contribution in [1.29, 1.82) is 0 Å². The van der Waals surface area contributed by atoms with Gasteiger partial charge in [-0.25, -0.2) is 0 Å². The lowest BCUT2D eigenvalue weighted by Crippen LogP contribution is -2.43. The van der Waals surface area contributed by atoms with Crippen LogP contribution in [-0.2, 0) is 39.6 Å². The molecule has 3 aromatic carbocycles. The normalized spacial score (nSPS) is 30.4. The predicted octanol–water partition coefficient (Wildman–Crippen LogP) is 4.20. The highest BCUT2D eigenvalue weighted by Crippen LogP contribution is 2.46. The molecule has 8 heteroatoms. The van der Waals surface area contributed by atoms with Crippen LogP contribution in [0.4, 0.5) is 0 Å². The van der Waals surface area contributed by atoms with Gasteiger partial charge in [-0.15, -0.1) is 0 Å². The van der Waals surface area contributed by atoms with E-state index in [1.165, 1.54) is 0 Å². The second-order valence-corrected chi connectivity index (χ2v) is 13.2. The standard InChI is InChI=1S/C30H33O7P/c1-30(2)36-28-27(33-18-21-12-6-3-7-13-21)26(35-29(28)37-30)24-19-32-25(34-24)20-38(31,22-14-8-4-9-15-22)23-16-10-5-11-17-23/h3-17,24-29H,18-20H2,1-2H3/t24-,25-,26-,27+,28-,29-/m1/s1. The summed E-state index contributed by atoms with van der Waals surface area (Å²) in [7, 11) is -3.01. The van der Waals surface area contributed by atoms with Crippen LogP contribution in [0.3, 0.4) is 0 Å². The molecule has 0 aromatic heterocycles. The van der Waals surface area contributed by atoms with Crippen LogP contribution < -0.4 is 10.6 Å². The van der Waals surface area contributed by atoms with Crippen molar-refractivity contribution >= 4 is 17.8 Å². The zero-order chi connectivity index (χ0) is 26.2. The minimum absolute atomic E-state index is 0.229. The van der Waals surface area contributed by atoms with Crippen LogP contribution in [-0.4, -0.2) is 55.6 Å². The molecule has 0 bridgehead atoms. The first kappa shape index (κ1) is 25.9. The zero-order valence-electron chi connectivity index (χ0n) is 21.6. The van der Waals surface area contributed by atoms with Gasteiger partial charge in [-0.1, -0.05) is 91.0 Å². The van der Waals surface area contributed by atoms with E-state index >= 15 is 0 Å². The third-order valence-corrected chi connectivity index (χ3v) is 10.3. The lowest BCUT2D eigenvalue weighted by atomic mass is 10.1. The Hall–Kier alpha value is -2.35. The number of rotatable bonds is 8. The van der Waals surface area contributed by atoms with Gasteiger partial charge in [-0.2, -0.15) is 0 Å². The summed E-state index contributed by atoms with van der Waals surface area (Å²) in [4.78, 5) is 0. The molecule has 3 heterocycles. The molecule has 0 N–H and O–H groups in total. The van der Waals surface area contributed by atoms with Crippen LogP contribution in [0.1, 0.15) is 19.4 Å². The molecule has 6 atom stereocenters. The summed E-state index contributed by atoms with van der Waals surface area (Å²) in [6.07, 6.45) is -2.65. The van der Waals surface area contributed by atoms with E-state index in [0.717, 1.165) is 16.2 Å². The summed E-state index contributed by atoms with van der Waals surface area (Å²) in [6, 6.07) is 29.1. The van der Waals surface area contributed by atoms with E-state index in [0.29, 0.717) is 13.2 Å². The second-order valence-electron chi connectivity index (χ2n) is 10.4. The summed E-state index contributed by atoms with van der Waals surface area (Å²) in [5, 5.41) is 1.56. The third kappa shape index (κ3) is 5.25. The molecule has 0 unspecified atom stereocenters. The van der Waals surface area contributed by atoms with Gasteiger partial charge in [-0.3, -0.25) is 0 Å². The van der Waals surface area contributed by atoms with Crippen molar-refractivity contribution in [3.8, 4) is 0 Å². The molecular weight excluding hydrogens is 503 g/mol. The fourth-order valence-corrected chi connectivity index (χ4v) is 8.05. The number of benzene rings is 3. The van der Waals surface area contributed by atoms with Crippen molar-refractivity contribution in [2.24, 2.45) is 0 Å². The zero-order valence-corrected chi connectivity index (χ0v) is 22.4. The van der Waals surface area contributed by atoms with Gasteiger partial charge >= 0.3 is 0 Å². The molecule has 0 spiro atoms. The summed E-state index contributed by atoms with van der Waals surface area (Å²) in [5.74, 6) is -0.762. The SMILES string of the molecule is CC1(C)O[C@H]2O[C@H]([C@H]3CO[C@@H](CP(=O)(c4ccccc4)c4ccccc4)O3)[C@H](OCc3ccccc3)[C@H]2O1. The predicted molar refractivity (Wildman–Crippen MR) is 143 cm³/mol. The van der Waals surface area contributed by atoms with Gasteiger partial charge in [0.2, 0.25) is 0 Å². The van der Waals surface area contributed by atoms with E-state index in [9.17, 15) is 4.57 Å². The van der Waals surface area contributed by atoms with Crippen molar-refractivity contribution in [2.75, 3.05) is 12.8 Å². The third-order valence-electron chi connectivity index (χ3n) is 7.20. The topological polar surface area (TPSA) is 72.5 Å². The van der Waals surface area contributed by atoms with Crippen molar-refractivity contribution in [3.63, 3.8) is 0 Å². The maximum absolute atomic E-state index is 14.5. The number of fused-ring (bicyclic) bond motifs is 1. The Balaban J connectivity index is 1.19. The molecule has 0 amide bonds. The maximum Gasteiger partial charge on any atom is 0.190 e. The molecular formula is C30H33O7P. The molecule has 3 fully saturated rings. The minimum Gasteiger partial charge on any atom is -0.368 e. The molecule has 200 valence electrons. The Kier molecular flexibility index (Phi) is 7.27. The fourth-order valence-electron chi connectivity index (χ4n) is 5.41. The van der Waals surface area contributed by atoms with Crippen molar-refractivity contribution in [1.82, 2.24) is 0 Å². The Labute approximate surface area is 223 Å². The quantitative estimate of drug-likeness (QED) is 0.400. The Bertz CT molecular complexity index is 1210. The Morgan fingerprint density at radius 3 is 2.05 bits per heavy atom. The van der Waals surface area contributed by atoms with E-state index in [4.69, 9.17) is 28.4 Å². The van der Waals surface area contributed by atoms with E-state index in [1.54, 1.807) is 0 Å². The first-order chi connectivity index (χ1) is 18.4. The molecule has 3 aliphatic rings. The van der Waals surface area contributed by atoms with Crippen molar-refractivity contribution in [3.05, 3.63) is 96.6 Å². The fraction of sp³-hybridized carbons (Fsp3) is 0.400. The molecule has 0 radical (unpaired) electrons. The van der Waals surface area contributed by atoms with Gasteiger partial charge in [0.05, 0.1) is 19.4 Å². The van der Waals surface area contributed by atoms with Gasteiger partial charge in [0.25, 0.3) is 0 Å². The van der Waals surface area contributed by atoms with E-state index < -0.39 is 43.8 Å². The molecule has 3 aliphatic heterocycles. The lowest BCUT2D eigenvalue weighted by molar-refractivity contribution is -0.231. The summed E-state index contributed by atoms with van der Waals surface area (Å²) in [5.41, 5.74) is 1.06. The first-order valence-corrected chi connectivity index (χ1v) is 14.9. The van der Waals surface area contributed by atoms with Crippen LogP contribution in [0.2, 0.25) is 0 Å². The van der Waals surface area contributed by atoms with Crippen LogP contribution in [0, 0.1) is 0 Å². The lowest BCUT2D eigenvalue weighted by Gasteiger charge is -2.28. The van der Waals surface area contributed by atoms with Crippen LogP contribution in [0.15, 0.2) is 91.0 Å². The maximum atomic E-state index is 14.5. The summed E-state index contributed by atoms with van der Waals surface area (Å²) < 4.78 is 51.8. The molecule has 38 heavy (non-hydrogen) atoms. The van der Waals surface area contributed by atoms with Gasteiger partial charge < -0.3 is 33.0 Å². The molecule has 6 rings (SSSR count). The van der Waals surface area contributed by atoms with E-state index in [2.05, 4.69) is 0 Å². The number of ether oxygens (including phenoxy) is 6. The largest absolute Gasteiger partial charge is 0.368 e. The molecule has 7 nitrogen and oxygen atoms in total. The van der Waals surface area contributed by atoms with Crippen LogP contribution in [0.25, 0.3) is 0 Å². The molecule has 3 aromatic rings. The van der Waals surface area contributed by atoms with Crippen molar-refractivity contribution in [2.45, 2.75) is 63.2 Å². The highest BCUT2D eigenvalue weighted by Gasteiger charge is 2.58. The molecule has 0 saturated carbocycles. The van der Waals surface area contributed by atoms with Gasteiger partial charge in [-0.05, 0) is 19.4 Å². The highest BCUT2D eigenvalue weighted by atomic mass is 31.2. The van der Waals surface area contributed by atoms with Gasteiger partial charge in [0.15, 0.2) is 18.4 Å². The Morgan fingerprint density at radius 1 is 0.816 bits per heavy atom. The smallest absolute Gasteiger partial charge is 0.190 e. The number of hydrogen-bond acceptors (Lipinski definition) is 7. The van der Waals surface area contributed by atoms with E-state index in [1.807, 2.05) is 105 Å². The highest BCUT2D eigenvalue weighted by molar-refractivity contribution is 7.78. The summed E-state index contributed by atoms with van der Waals surface area (Å²) >= 11 is 0. The van der Waals surface area contributed by atoms with Crippen LogP contribution >= 0.6 is 7.14 Å². The monoisotopic (exact) mass is 536 g/mol. The van der Waals surface area contributed by atoms with Gasteiger partial charge in [0.1, 0.15) is 31.6 Å². The first-order valence-electron chi connectivity index (χ1n) is 13.1. The number of hydrogen-bond donors (Lipinski definition) is 0.